The molecule has 2 rings (SSSR count). The Morgan fingerprint density at radius 1 is 1.35 bits per heavy atom. The third kappa shape index (κ3) is 2.36. The van der Waals surface area contributed by atoms with Crippen molar-refractivity contribution in [2.24, 2.45) is 0 Å². The fraction of sp³-hybridized carbons (Fsp3) is 0.385. The predicted molar refractivity (Wildman–Crippen MR) is 77.7 cm³/mol. The molecule has 0 aliphatic heterocycles. The summed E-state index contributed by atoms with van der Waals surface area (Å²) in [5, 5.41) is 1.04. The van der Waals surface area contributed by atoms with E-state index in [1.54, 1.807) is 0 Å². The van der Waals surface area contributed by atoms with Crippen molar-refractivity contribution >= 4 is 33.9 Å². The summed E-state index contributed by atoms with van der Waals surface area (Å²) in [6.45, 7) is 6.35. The Morgan fingerprint density at radius 2 is 2.12 bits per heavy atom. The van der Waals surface area contributed by atoms with Crippen molar-refractivity contribution in [1.29, 1.82) is 0 Å². The van der Waals surface area contributed by atoms with Crippen LogP contribution < -0.4 is 3.07 Å². The normalized spacial score (nSPS) is 11.1. The second-order valence-corrected chi connectivity index (χ2v) is 4.73. The summed E-state index contributed by atoms with van der Waals surface area (Å²) in [5.41, 5.74) is 2.97. The molecule has 0 atom stereocenters. The highest BCUT2D eigenvalue weighted by Crippen LogP contribution is 2.30. The van der Waals surface area contributed by atoms with Gasteiger partial charge in [0.1, 0.15) is 0 Å². The largest absolute Gasteiger partial charge is 0.425 e. The monoisotopic (exact) mass is 342 g/mol. The predicted octanol–water partition coefficient (Wildman–Crippen LogP) is 4.04. The van der Waals surface area contributed by atoms with E-state index in [0.717, 1.165) is 34.5 Å². The molecule has 0 fully saturated rings. The summed E-state index contributed by atoms with van der Waals surface area (Å²) in [4.78, 5) is 9.02. The van der Waals surface area contributed by atoms with Gasteiger partial charge in [-0.15, -0.1) is 0 Å². The fourth-order valence-corrected chi connectivity index (χ4v) is 2.29. The molecule has 0 N–H and O–H groups in total. The van der Waals surface area contributed by atoms with Gasteiger partial charge in [0.05, 0.1) is 17.4 Å². The van der Waals surface area contributed by atoms with Crippen molar-refractivity contribution in [3.8, 4) is 5.75 Å². The molecular formula is C13H15IN2O. The maximum atomic E-state index is 5.42. The van der Waals surface area contributed by atoms with Crippen molar-refractivity contribution in [1.82, 2.24) is 9.97 Å². The summed E-state index contributed by atoms with van der Waals surface area (Å²) in [7, 11) is 0. The summed E-state index contributed by atoms with van der Waals surface area (Å²) in [5.74, 6) is 1.27. The van der Waals surface area contributed by atoms with Crippen LogP contribution in [0.25, 0.3) is 10.9 Å². The maximum Gasteiger partial charge on any atom is 0.192 e. The molecule has 2 heterocycles. The van der Waals surface area contributed by atoms with E-state index in [2.05, 4.69) is 42.9 Å². The smallest absolute Gasteiger partial charge is 0.192 e. The van der Waals surface area contributed by atoms with E-state index >= 15 is 0 Å². The molecule has 17 heavy (non-hydrogen) atoms. The average molecular weight is 342 g/mol. The molecule has 0 saturated carbocycles. The molecule has 2 aromatic heterocycles. The lowest BCUT2D eigenvalue weighted by Crippen LogP contribution is -1.97. The van der Waals surface area contributed by atoms with Gasteiger partial charge in [0.25, 0.3) is 0 Å². The van der Waals surface area contributed by atoms with E-state index in [1.165, 1.54) is 0 Å². The Balaban J connectivity index is 2.66. The quantitative estimate of drug-likeness (QED) is 0.790. The number of nitrogens with zero attached hydrogens (tertiary/aromatic N) is 2. The lowest BCUT2D eigenvalue weighted by atomic mass is 10.1. The molecule has 0 aliphatic rings. The van der Waals surface area contributed by atoms with Crippen LogP contribution in [0.1, 0.15) is 38.1 Å². The van der Waals surface area contributed by atoms with Crippen LogP contribution in [-0.2, 0) is 6.42 Å². The highest BCUT2D eigenvalue weighted by atomic mass is 127. The Kier molecular flexibility index (Phi) is 3.81. The summed E-state index contributed by atoms with van der Waals surface area (Å²) < 4.78 is 5.42. The van der Waals surface area contributed by atoms with Crippen molar-refractivity contribution in [2.75, 3.05) is 0 Å². The zero-order chi connectivity index (χ0) is 12.4. The van der Waals surface area contributed by atoms with Gasteiger partial charge in [-0.3, -0.25) is 9.97 Å². The lowest BCUT2D eigenvalue weighted by Gasteiger charge is -2.10. The van der Waals surface area contributed by atoms with Crippen LogP contribution in [0.3, 0.4) is 0 Å². The zero-order valence-electron chi connectivity index (χ0n) is 10.2. The standard InChI is InChI=1S/C13H15IN2O/c1-4-10-13(17-14)9-5-6-11(8(2)3)16-12(9)7-15-10/h5-8H,4H2,1-3H3. The third-order valence-corrected chi connectivity index (χ3v) is 3.24. The van der Waals surface area contributed by atoms with E-state index in [1.807, 2.05) is 29.2 Å². The number of aromatic nitrogens is 2. The van der Waals surface area contributed by atoms with Crippen LogP contribution >= 0.6 is 23.0 Å². The topological polar surface area (TPSA) is 35.0 Å². The third-order valence-electron chi connectivity index (χ3n) is 2.80. The van der Waals surface area contributed by atoms with Gasteiger partial charge in [0, 0.05) is 11.1 Å². The minimum atomic E-state index is 0.425. The van der Waals surface area contributed by atoms with Crippen LogP contribution in [0.4, 0.5) is 0 Å². The zero-order valence-corrected chi connectivity index (χ0v) is 12.4. The number of fused-ring (bicyclic) bond motifs is 1. The first-order valence-corrected chi connectivity index (χ1v) is 6.62. The van der Waals surface area contributed by atoms with Gasteiger partial charge in [-0.05, 0) is 24.5 Å². The van der Waals surface area contributed by atoms with E-state index in [-0.39, 0.29) is 0 Å². The second kappa shape index (κ2) is 5.16. The van der Waals surface area contributed by atoms with E-state index in [0.29, 0.717) is 5.92 Å². The summed E-state index contributed by atoms with van der Waals surface area (Å²) in [6, 6.07) is 4.14. The Morgan fingerprint density at radius 3 is 2.71 bits per heavy atom. The van der Waals surface area contributed by atoms with E-state index in [9.17, 15) is 0 Å². The first-order chi connectivity index (χ1) is 8.17. The summed E-state index contributed by atoms with van der Waals surface area (Å²) in [6.07, 6.45) is 2.69. The van der Waals surface area contributed by atoms with Crippen molar-refractivity contribution in [2.45, 2.75) is 33.1 Å². The Bertz CT molecular complexity index is 540. The van der Waals surface area contributed by atoms with Crippen molar-refractivity contribution in [3.05, 3.63) is 29.7 Å². The molecule has 0 amide bonds. The minimum absolute atomic E-state index is 0.425. The highest BCUT2D eigenvalue weighted by molar-refractivity contribution is 14.1. The first-order valence-electron chi connectivity index (χ1n) is 5.74. The van der Waals surface area contributed by atoms with Crippen LogP contribution in [0.2, 0.25) is 0 Å². The second-order valence-electron chi connectivity index (χ2n) is 4.29. The number of pyridine rings is 2. The first kappa shape index (κ1) is 12.5. The molecule has 4 heteroatoms. The SMILES string of the molecule is CCc1ncc2nc(C(C)C)ccc2c1OI. The number of halogens is 1. The molecule has 0 spiro atoms. The minimum Gasteiger partial charge on any atom is -0.425 e. The van der Waals surface area contributed by atoms with Crippen LogP contribution in [-0.4, -0.2) is 9.97 Å². The molecule has 0 saturated heterocycles. The number of rotatable bonds is 3. The van der Waals surface area contributed by atoms with Crippen LogP contribution in [0, 0.1) is 0 Å². The van der Waals surface area contributed by atoms with Gasteiger partial charge >= 0.3 is 0 Å². The molecule has 0 radical (unpaired) electrons. The van der Waals surface area contributed by atoms with E-state index < -0.39 is 0 Å². The average Bonchev–Trinajstić information content (AvgIpc) is 2.36. The summed E-state index contributed by atoms with van der Waals surface area (Å²) >= 11 is 1.90. The molecule has 0 bridgehead atoms. The fourth-order valence-electron chi connectivity index (χ4n) is 1.79. The highest BCUT2D eigenvalue weighted by Gasteiger charge is 2.11. The maximum absolute atomic E-state index is 5.42. The number of hydrogen-bond donors (Lipinski definition) is 0. The molecule has 2 aromatic rings. The molecule has 90 valence electrons. The molecule has 0 unspecified atom stereocenters. The number of aryl methyl sites for hydroxylation is 1. The van der Waals surface area contributed by atoms with Crippen molar-refractivity contribution < 1.29 is 3.07 Å². The van der Waals surface area contributed by atoms with Gasteiger partial charge in [0.2, 0.25) is 0 Å². The Hall–Kier alpha value is -0.910. The van der Waals surface area contributed by atoms with Crippen LogP contribution in [0.15, 0.2) is 18.3 Å². The van der Waals surface area contributed by atoms with Crippen LogP contribution in [0.5, 0.6) is 5.75 Å². The van der Waals surface area contributed by atoms with Crippen molar-refractivity contribution in [3.63, 3.8) is 0 Å². The van der Waals surface area contributed by atoms with E-state index in [4.69, 9.17) is 3.07 Å². The number of hydrogen-bond acceptors (Lipinski definition) is 3. The lowest BCUT2D eigenvalue weighted by molar-refractivity contribution is 0.701. The van der Waals surface area contributed by atoms with Gasteiger partial charge in [0.15, 0.2) is 28.8 Å². The molecular weight excluding hydrogens is 327 g/mol. The molecule has 0 aliphatic carbocycles. The molecule has 0 aromatic carbocycles. The Labute approximate surface area is 115 Å². The van der Waals surface area contributed by atoms with Gasteiger partial charge in [-0.25, -0.2) is 0 Å². The molecule has 3 nitrogen and oxygen atoms in total. The van der Waals surface area contributed by atoms with Gasteiger partial charge < -0.3 is 3.07 Å². The van der Waals surface area contributed by atoms with Gasteiger partial charge in [-0.1, -0.05) is 20.8 Å². The van der Waals surface area contributed by atoms with Gasteiger partial charge in [-0.2, -0.15) is 0 Å².